The van der Waals surface area contributed by atoms with Crippen molar-refractivity contribution in [3.8, 4) is 6.01 Å². The zero-order valence-electron chi connectivity index (χ0n) is 11.0. The van der Waals surface area contributed by atoms with Gasteiger partial charge in [-0.15, -0.1) is 0 Å². The zero-order valence-corrected chi connectivity index (χ0v) is 12.6. The molecule has 0 aromatic carbocycles. The number of piperidine rings is 3. The molecule has 2 bridgehead atoms. The SMILES string of the molecule is Cc1c(Br)nc(O)n1CC1(C)CN2CCC1CC2. The highest BCUT2D eigenvalue weighted by Crippen LogP contribution is 2.44. The fourth-order valence-corrected chi connectivity index (χ4v) is 4.02. The average molecular weight is 314 g/mol. The molecule has 1 atom stereocenters. The molecule has 3 saturated heterocycles. The van der Waals surface area contributed by atoms with Crippen molar-refractivity contribution in [1.29, 1.82) is 0 Å². The van der Waals surface area contributed by atoms with Gasteiger partial charge in [0.05, 0.1) is 5.69 Å². The van der Waals surface area contributed by atoms with Crippen molar-refractivity contribution in [1.82, 2.24) is 14.5 Å². The molecule has 0 saturated carbocycles. The lowest BCUT2D eigenvalue weighted by atomic mass is 9.67. The second-order valence-corrected chi connectivity index (χ2v) is 6.83. The van der Waals surface area contributed by atoms with Crippen LogP contribution in [0.1, 0.15) is 25.5 Å². The summed E-state index contributed by atoms with van der Waals surface area (Å²) in [6.07, 6.45) is 2.60. The van der Waals surface area contributed by atoms with E-state index >= 15 is 0 Å². The van der Waals surface area contributed by atoms with Gasteiger partial charge in [-0.25, -0.2) is 0 Å². The Morgan fingerprint density at radius 3 is 2.56 bits per heavy atom. The van der Waals surface area contributed by atoms with E-state index in [0.29, 0.717) is 0 Å². The number of hydrogen-bond acceptors (Lipinski definition) is 3. The maximum atomic E-state index is 9.94. The number of aromatic nitrogens is 2. The number of nitrogens with zero attached hydrogens (tertiary/aromatic N) is 3. The lowest BCUT2D eigenvalue weighted by Crippen LogP contribution is -2.54. The van der Waals surface area contributed by atoms with Crippen LogP contribution in [0.2, 0.25) is 0 Å². The number of rotatable bonds is 2. The van der Waals surface area contributed by atoms with E-state index in [0.717, 1.165) is 29.3 Å². The predicted octanol–water partition coefficient (Wildman–Crippen LogP) is 2.39. The molecule has 4 rings (SSSR count). The maximum Gasteiger partial charge on any atom is 0.295 e. The van der Waals surface area contributed by atoms with E-state index < -0.39 is 0 Å². The van der Waals surface area contributed by atoms with E-state index in [1.165, 1.54) is 25.9 Å². The molecule has 1 N–H and O–H groups in total. The summed E-state index contributed by atoms with van der Waals surface area (Å²) in [5.41, 5.74) is 1.28. The van der Waals surface area contributed by atoms with E-state index in [1.54, 1.807) is 0 Å². The molecule has 1 aromatic heterocycles. The minimum atomic E-state index is 0.136. The average Bonchev–Trinajstić information content (AvgIpc) is 2.57. The Hall–Kier alpha value is -0.550. The van der Waals surface area contributed by atoms with Crippen molar-refractivity contribution >= 4 is 15.9 Å². The van der Waals surface area contributed by atoms with Crippen molar-refractivity contribution in [3.63, 3.8) is 0 Å². The molecular formula is C13H20BrN3O. The summed E-state index contributed by atoms with van der Waals surface area (Å²) in [7, 11) is 0. The second kappa shape index (κ2) is 4.23. The summed E-state index contributed by atoms with van der Waals surface area (Å²) in [6.45, 7) is 8.87. The number of fused-ring (bicyclic) bond motifs is 3. The Morgan fingerprint density at radius 1 is 1.44 bits per heavy atom. The van der Waals surface area contributed by atoms with Gasteiger partial charge in [0, 0.05) is 18.5 Å². The first-order valence-electron chi connectivity index (χ1n) is 6.63. The van der Waals surface area contributed by atoms with Gasteiger partial charge in [-0.05, 0) is 54.7 Å². The van der Waals surface area contributed by atoms with Crippen LogP contribution in [0.3, 0.4) is 0 Å². The van der Waals surface area contributed by atoms with Gasteiger partial charge in [-0.3, -0.25) is 4.57 Å². The minimum absolute atomic E-state index is 0.136. The van der Waals surface area contributed by atoms with Crippen LogP contribution in [0.15, 0.2) is 4.60 Å². The topological polar surface area (TPSA) is 41.3 Å². The molecule has 5 heteroatoms. The van der Waals surface area contributed by atoms with E-state index in [1.807, 2.05) is 11.5 Å². The molecule has 3 aliphatic heterocycles. The lowest BCUT2D eigenvalue weighted by Gasteiger charge is -2.52. The molecule has 4 nitrogen and oxygen atoms in total. The predicted molar refractivity (Wildman–Crippen MR) is 73.6 cm³/mol. The molecule has 100 valence electrons. The van der Waals surface area contributed by atoms with E-state index in [2.05, 4.69) is 32.7 Å². The first-order chi connectivity index (χ1) is 8.49. The standard InChI is InChI=1S/C13H20BrN3O/c1-9-11(14)15-12(18)17(9)8-13(2)7-16-5-3-10(13)4-6-16/h10H,3-8H2,1-2H3,(H,15,18). The van der Waals surface area contributed by atoms with Gasteiger partial charge < -0.3 is 10.0 Å². The summed E-state index contributed by atoms with van der Waals surface area (Å²) in [5, 5.41) is 9.94. The first kappa shape index (κ1) is 12.5. The Morgan fingerprint density at radius 2 is 2.11 bits per heavy atom. The third kappa shape index (κ3) is 1.88. The van der Waals surface area contributed by atoms with Crippen molar-refractivity contribution in [3.05, 3.63) is 10.3 Å². The molecule has 0 aliphatic carbocycles. The highest BCUT2D eigenvalue weighted by atomic mass is 79.9. The molecule has 1 unspecified atom stereocenters. The molecule has 4 heterocycles. The van der Waals surface area contributed by atoms with Gasteiger partial charge in [0.1, 0.15) is 4.60 Å². The fourth-order valence-electron chi connectivity index (χ4n) is 3.65. The molecule has 18 heavy (non-hydrogen) atoms. The Balaban J connectivity index is 1.87. The Bertz CT molecular complexity index is 465. The minimum Gasteiger partial charge on any atom is -0.480 e. The van der Waals surface area contributed by atoms with Crippen LogP contribution in [-0.2, 0) is 6.54 Å². The van der Waals surface area contributed by atoms with Gasteiger partial charge in [-0.2, -0.15) is 4.98 Å². The molecule has 0 amide bonds. The van der Waals surface area contributed by atoms with Crippen LogP contribution in [0.4, 0.5) is 0 Å². The highest BCUT2D eigenvalue weighted by Gasteiger charge is 2.43. The fraction of sp³-hybridized carbons (Fsp3) is 0.769. The van der Waals surface area contributed by atoms with Crippen molar-refractivity contribution in [2.45, 2.75) is 33.2 Å². The van der Waals surface area contributed by atoms with Gasteiger partial charge in [0.2, 0.25) is 0 Å². The van der Waals surface area contributed by atoms with E-state index in [-0.39, 0.29) is 11.4 Å². The zero-order chi connectivity index (χ0) is 12.9. The Kier molecular flexibility index (Phi) is 2.94. The largest absolute Gasteiger partial charge is 0.480 e. The van der Waals surface area contributed by atoms with Gasteiger partial charge in [-0.1, -0.05) is 6.92 Å². The summed E-state index contributed by atoms with van der Waals surface area (Å²) in [6, 6.07) is 0.136. The van der Waals surface area contributed by atoms with Crippen molar-refractivity contribution < 1.29 is 5.11 Å². The van der Waals surface area contributed by atoms with Gasteiger partial charge in [0.15, 0.2) is 0 Å². The smallest absolute Gasteiger partial charge is 0.295 e. The van der Waals surface area contributed by atoms with Crippen LogP contribution in [0, 0.1) is 18.3 Å². The summed E-state index contributed by atoms with van der Waals surface area (Å²) in [4.78, 5) is 6.64. The van der Waals surface area contributed by atoms with Crippen LogP contribution in [-0.4, -0.2) is 39.2 Å². The second-order valence-electron chi connectivity index (χ2n) is 6.08. The van der Waals surface area contributed by atoms with E-state index in [9.17, 15) is 5.11 Å². The normalized spacial score (nSPS) is 35.1. The molecule has 3 fully saturated rings. The van der Waals surface area contributed by atoms with E-state index in [4.69, 9.17) is 0 Å². The molecule has 0 spiro atoms. The maximum absolute atomic E-state index is 9.94. The number of aromatic hydroxyl groups is 1. The highest BCUT2D eigenvalue weighted by molar-refractivity contribution is 9.10. The molecule has 3 aliphatic rings. The van der Waals surface area contributed by atoms with Crippen molar-refractivity contribution in [2.24, 2.45) is 11.3 Å². The van der Waals surface area contributed by atoms with Crippen LogP contribution >= 0.6 is 15.9 Å². The Labute approximate surface area is 116 Å². The lowest BCUT2D eigenvalue weighted by molar-refractivity contribution is -0.0288. The number of hydrogen-bond donors (Lipinski definition) is 1. The molecule has 0 radical (unpaired) electrons. The third-order valence-electron chi connectivity index (χ3n) is 4.82. The summed E-state index contributed by atoms with van der Waals surface area (Å²) >= 11 is 3.39. The monoisotopic (exact) mass is 313 g/mol. The van der Waals surface area contributed by atoms with Crippen molar-refractivity contribution in [2.75, 3.05) is 19.6 Å². The summed E-state index contributed by atoms with van der Waals surface area (Å²) in [5.74, 6) is 0.780. The van der Waals surface area contributed by atoms with Crippen LogP contribution < -0.4 is 0 Å². The first-order valence-corrected chi connectivity index (χ1v) is 7.43. The van der Waals surface area contributed by atoms with Crippen LogP contribution in [0.5, 0.6) is 6.01 Å². The third-order valence-corrected chi connectivity index (χ3v) is 5.57. The molecule has 1 aromatic rings. The quantitative estimate of drug-likeness (QED) is 0.911. The summed E-state index contributed by atoms with van der Waals surface area (Å²) < 4.78 is 2.70. The van der Waals surface area contributed by atoms with Gasteiger partial charge in [0.25, 0.3) is 6.01 Å². The number of halogens is 1. The van der Waals surface area contributed by atoms with Gasteiger partial charge >= 0.3 is 0 Å². The van der Waals surface area contributed by atoms with Crippen LogP contribution in [0.25, 0.3) is 0 Å². The number of imidazole rings is 1. The molecular weight excluding hydrogens is 294 g/mol.